The molecule has 0 amide bonds. The van der Waals surface area contributed by atoms with Crippen LogP contribution in [-0.2, 0) is 48.2 Å². The summed E-state index contributed by atoms with van der Waals surface area (Å²) in [5, 5.41) is 0. The van der Waals surface area contributed by atoms with Crippen molar-refractivity contribution in [1.29, 1.82) is 0 Å². The minimum atomic E-state index is -2.04. The summed E-state index contributed by atoms with van der Waals surface area (Å²) in [6.45, 7) is 3.94. The molecule has 8 heteroatoms. The fourth-order valence-corrected chi connectivity index (χ4v) is 1.71. The first-order valence-electron chi connectivity index (χ1n) is 3.46. The zero-order valence-corrected chi connectivity index (χ0v) is 15.7. The maximum atomic E-state index is 10.1. The Balaban J connectivity index is 0. The van der Waals surface area contributed by atoms with E-state index in [1.54, 1.807) is 0 Å². The molecule has 0 rings (SSSR count). The molecule has 78 valence electrons. The number of hydrogen-bond donors (Lipinski definition) is 0. The van der Waals surface area contributed by atoms with E-state index in [2.05, 4.69) is 8.35 Å². The molecule has 0 saturated carbocycles. The van der Waals surface area contributed by atoms with Crippen molar-refractivity contribution in [3.05, 3.63) is 0 Å². The fraction of sp³-hybridized carbons (Fsp3) is 0.500. The Hall–Kier alpha value is 0.0751. The summed E-state index contributed by atoms with van der Waals surface area (Å²) in [7, 11) is 0. The van der Waals surface area contributed by atoms with Crippen LogP contribution in [-0.4, -0.2) is 17.9 Å². The predicted molar refractivity (Wildman–Crippen MR) is 49.3 cm³/mol. The normalized spacial score (nSPS) is 7.14. The van der Waals surface area contributed by atoms with Crippen LogP contribution in [0.5, 0.6) is 0 Å². The molecule has 0 heterocycles. The molecular weight excluding hydrogens is 496 g/mol. The molecule has 0 aromatic rings. The van der Waals surface area contributed by atoms with Gasteiger partial charge in [-0.1, -0.05) is 0 Å². The van der Waals surface area contributed by atoms with Crippen molar-refractivity contribution < 1.29 is 48.2 Å². The Morgan fingerprint density at radius 2 is 1.21 bits per heavy atom. The molecule has 0 N–H and O–H groups in total. The first-order valence-corrected chi connectivity index (χ1v) is 8.83. The van der Waals surface area contributed by atoms with Crippen molar-refractivity contribution in [2.45, 2.75) is 20.8 Å². The Labute approximate surface area is 109 Å². The van der Waals surface area contributed by atoms with E-state index in [0.717, 1.165) is 0 Å². The van der Waals surface area contributed by atoms with Gasteiger partial charge in [0.25, 0.3) is 0 Å². The molecule has 0 bridgehead atoms. The van der Waals surface area contributed by atoms with Crippen molar-refractivity contribution in [3.8, 4) is 0 Å². The second-order valence-electron chi connectivity index (χ2n) is 1.96. The van der Waals surface area contributed by atoms with E-state index in [0.29, 0.717) is 0 Å². The van der Waals surface area contributed by atoms with Crippen molar-refractivity contribution >= 4 is 40.9 Å². The first kappa shape index (κ1) is 16.5. The van der Waals surface area contributed by atoms with Crippen LogP contribution in [0.25, 0.3) is 0 Å². The molecule has 0 aliphatic rings. The molecule has 0 radical (unpaired) electrons. The predicted octanol–water partition coefficient (Wildman–Crippen LogP) is 0.925. The van der Waals surface area contributed by atoms with Gasteiger partial charge in [0.05, 0.1) is 0 Å². The third-order valence-electron chi connectivity index (χ3n) is 0.633. The van der Waals surface area contributed by atoms with Gasteiger partial charge < -0.3 is 3.07 Å². The van der Waals surface area contributed by atoms with Gasteiger partial charge in [0.1, 0.15) is 0 Å². The number of carbonyl (C=O) groups excluding carboxylic acids is 3. The summed E-state index contributed by atoms with van der Waals surface area (Å²) in [4.78, 5) is 29.7. The van der Waals surface area contributed by atoms with E-state index < -0.39 is 25.5 Å². The quantitative estimate of drug-likeness (QED) is 0.411. The number of rotatable bonds is 2. The van der Waals surface area contributed by atoms with E-state index in [1.165, 1.54) is 43.8 Å². The van der Waals surface area contributed by atoms with Gasteiger partial charge >= 0.3 is 72.1 Å². The molecule has 0 saturated heterocycles. The molecule has 0 aromatic carbocycles. The van der Waals surface area contributed by atoms with Crippen molar-refractivity contribution in [1.82, 2.24) is 0 Å². The van der Waals surface area contributed by atoms with E-state index in [1.807, 2.05) is 0 Å². The van der Waals surface area contributed by atoms with Crippen LogP contribution in [0, 0.1) is 0 Å². The number of hydrogen-bond acceptors (Lipinski definition) is 6. The molecule has 0 aromatic heterocycles. The standard InChI is InChI=1S/C2H3IO2.2C2H4O2.Hg/c1-2(4)5-3;2*1-2(3)4;/h1H3;2*1H3,(H,3,4);/q;;;+2/p-2. The summed E-state index contributed by atoms with van der Waals surface area (Å²) in [5.74, 6) is -0.985. The molecule has 0 aliphatic carbocycles. The van der Waals surface area contributed by atoms with Gasteiger partial charge in [-0.3, -0.25) is 4.79 Å². The molecule has 6 nitrogen and oxygen atoms in total. The molecule has 0 fully saturated rings. The van der Waals surface area contributed by atoms with Gasteiger partial charge in [-0.2, -0.15) is 0 Å². The molecule has 0 unspecified atom stereocenters. The van der Waals surface area contributed by atoms with Gasteiger partial charge in [-0.25, -0.2) is 0 Å². The van der Waals surface area contributed by atoms with Crippen LogP contribution in [0.3, 0.4) is 0 Å². The molecule has 14 heavy (non-hydrogen) atoms. The van der Waals surface area contributed by atoms with Gasteiger partial charge in [-0.05, 0) is 0 Å². The average Bonchev–Trinajstić information content (AvgIpc) is 2.04. The third-order valence-corrected chi connectivity index (χ3v) is 5.33. The second-order valence-corrected chi connectivity index (χ2v) is 5.56. The van der Waals surface area contributed by atoms with Crippen molar-refractivity contribution in [3.63, 3.8) is 0 Å². The summed E-state index contributed by atoms with van der Waals surface area (Å²) < 4.78 is 13.1. The number of halogens is 1. The molecule has 0 aliphatic heterocycles. The number of carbonyl (C=O) groups is 3. The van der Waals surface area contributed by atoms with Crippen LogP contribution in [0.2, 0.25) is 0 Å². The first-order chi connectivity index (χ1) is 6.40. The van der Waals surface area contributed by atoms with Gasteiger partial charge in [0.15, 0.2) is 23.0 Å². The summed E-state index contributed by atoms with van der Waals surface area (Å²) in [6, 6.07) is 0. The zero-order chi connectivity index (χ0) is 11.6. The van der Waals surface area contributed by atoms with Gasteiger partial charge in [-0.15, -0.1) is 0 Å². The van der Waals surface area contributed by atoms with Crippen LogP contribution in [0.4, 0.5) is 0 Å². The van der Waals surface area contributed by atoms with E-state index >= 15 is 0 Å². The Kier molecular flexibility index (Phi) is 13.1. The van der Waals surface area contributed by atoms with Gasteiger partial charge in [0.2, 0.25) is 0 Å². The van der Waals surface area contributed by atoms with Crippen molar-refractivity contribution in [2.24, 2.45) is 0 Å². The zero-order valence-electron chi connectivity index (χ0n) is 8.03. The van der Waals surface area contributed by atoms with E-state index in [4.69, 9.17) is 0 Å². The van der Waals surface area contributed by atoms with Crippen molar-refractivity contribution in [2.75, 3.05) is 0 Å². The van der Waals surface area contributed by atoms with Gasteiger partial charge in [0, 0.05) is 6.92 Å². The van der Waals surface area contributed by atoms with Crippen LogP contribution in [0.15, 0.2) is 0 Å². The molecule has 0 spiro atoms. The average molecular weight is 505 g/mol. The molecular formula is C6H9HgIO6. The summed E-state index contributed by atoms with van der Waals surface area (Å²) >= 11 is -0.512. The minimum absolute atomic E-state index is 0.259. The second kappa shape index (κ2) is 11.2. The Bertz CT molecular complexity index is 192. The molecule has 0 atom stereocenters. The Morgan fingerprint density at radius 1 is 0.929 bits per heavy atom. The fourth-order valence-electron chi connectivity index (χ4n) is 0.195. The Morgan fingerprint density at radius 3 is 1.36 bits per heavy atom. The van der Waals surface area contributed by atoms with Crippen LogP contribution in [0.1, 0.15) is 20.8 Å². The maximum absolute atomic E-state index is 10.1. The van der Waals surface area contributed by atoms with E-state index in [9.17, 15) is 14.4 Å². The third kappa shape index (κ3) is 22.7. The SMILES string of the molecule is CC(=O)OI.CC(=O)[O][Hg][O]C(C)=O. The monoisotopic (exact) mass is 506 g/mol. The van der Waals surface area contributed by atoms with Crippen LogP contribution < -0.4 is 0 Å². The summed E-state index contributed by atoms with van der Waals surface area (Å²) in [6.07, 6.45) is 0. The van der Waals surface area contributed by atoms with Crippen LogP contribution >= 0.6 is 23.0 Å². The van der Waals surface area contributed by atoms with E-state index in [-0.39, 0.29) is 17.9 Å². The summed E-state index contributed by atoms with van der Waals surface area (Å²) in [5.41, 5.74) is 0. The topological polar surface area (TPSA) is 78.9 Å².